The van der Waals surface area contributed by atoms with Gasteiger partial charge < -0.3 is 15.0 Å². The van der Waals surface area contributed by atoms with E-state index in [1.807, 2.05) is 79.7 Å². The van der Waals surface area contributed by atoms with Gasteiger partial charge in [0.05, 0.1) is 4.47 Å². The fourth-order valence-electron chi connectivity index (χ4n) is 5.17. The molecule has 4 rings (SSSR count). The van der Waals surface area contributed by atoms with Gasteiger partial charge >= 0.3 is 0 Å². The summed E-state index contributed by atoms with van der Waals surface area (Å²) in [6.07, 6.45) is 6.79. The molecule has 1 aliphatic carbocycles. The number of aryl methyl sites for hydroxylation is 2. The standard InChI is InChI=1S/C33H39BrN2O3/c1-3-25-18-19-31(29(34)20-25)39-23-32(37)36(22-27-15-11-10-12-24(27)2)30(21-26-13-6-4-7-14-26)33(38)35-28-16-8-5-9-17-28/h4,6-7,10-15,18-20,28,30H,3,5,8-9,16-17,21-23H2,1-2H3,(H,35,38). The largest absolute Gasteiger partial charge is 0.483 e. The molecule has 5 nitrogen and oxygen atoms in total. The maximum absolute atomic E-state index is 13.9. The molecular weight excluding hydrogens is 552 g/mol. The van der Waals surface area contributed by atoms with Crippen LogP contribution in [-0.4, -0.2) is 35.4 Å². The fourth-order valence-corrected chi connectivity index (χ4v) is 5.71. The van der Waals surface area contributed by atoms with Crippen molar-refractivity contribution in [1.29, 1.82) is 0 Å². The van der Waals surface area contributed by atoms with E-state index in [1.165, 1.54) is 12.0 Å². The molecule has 2 amide bonds. The van der Waals surface area contributed by atoms with Crippen LogP contribution in [-0.2, 0) is 29.0 Å². The molecule has 1 unspecified atom stereocenters. The van der Waals surface area contributed by atoms with Crippen LogP contribution in [0.5, 0.6) is 5.75 Å². The van der Waals surface area contributed by atoms with Crippen molar-refractivity contribution in [1.82, 2.24) is 10.2 Å². The highest BCUT2D eigenvalue weighted by atomic mass is 79.9. The molecule has 1 aliphatic rings. The molecule has 3 aromatic carbocycles. The Hall–Kier alpha value is -3.12. The molecule has 0 saturated heterocycles. The fraction of sp³-hybridized carbons (Fsp3) is 0.394. The molecule has 0 radical (unpaired) electrons. The Kier molecular flexibility index (Phi) is 10.6. The summed E-state index contributed by atoms with van der Waals surface area (Å²) < 4.78 is 6.82. The number of carbonyl (C=O) groups excluding carboxylic acids is 2. The smallest absolute Gasteiger partial charge is 0.261 e. The van der Waals surface area contributed by atoms with Crippen LogP contribution in [0, 0.1) is 6.92 Å². The molecule has 6 heteroatoms. The first-order valence-electron chi connectivity index (χ1n) is 14.0. The van der Waals surface area contributed by atoms with Gasteiger partial charge in [0.25, 0.3) is 5.91 Å². The van der Waals surface area contributed by atoms with Crippen molar-refractivity contribution >= 4 is 27.7 Å². The quantitative estimate of drug-likeness (QED) is 0.267. The Morgan fingerprint density at radius 2 is 1.69 bits per heavy atom. The molecule has 39 heavy (non-hydrogen) atoms. The minimum Gasteiger partial charge on any atom is -0.483 e. The van der Waals surface area contributed by atoms with Crippen LogP contribution in [0.15, 0.2) is 77.3 Å². The van der Waals surface area contributed by atoms with Gasteiger partial charge in [0, 0.05) is 19.0 Å². The summed E-state index contributed by atoms with van der Waals surface area (Å²) in [6, 6.07) is 23.4. The normalized spacial score (nSPS) is 14.4. The SMILES string of the molecule is CCc1ccc(OCC(=O)N(Cc2ccccc2C)C(Cc2ccccc2)C(=O)NC2CCCCC2)c(Br)c1. The molecule has 0 spiro atoms. The van der Waals surface area contributed by atoms with E-state index in [9.17, 15) is 9.59 Å². The van der Waals surface area contributed by atoms with Crippen LogP contribution in [0.1, 0.15) is 61.3 Å². The first kappa shape index (κ1) is 28.9. The van der Waals surface area contributed by atoms with E-state index in [1.54, 1.807) is 4.90 Å². The number of nitrogens with zero attached hydrogens (tertiary/aromatic N) is 1. The summed E-state index contributed by atoms with van der Waals surface area (Å²) in [5.74, 6) is 0.299. The van der Waals surface area contributed by atoms with Crippen LogP contribution >= 0.6 is 15.9 Å². The second kappa shape index (κ2) is 14.3. The van der Waals surface area contributed by atoms with Crippen molar-refractivity contribution in [2.45, 2.75) is 77.4 Å². The lowest BCUT2D eigenvalue weighted by Crippen LogP contribution is -2.53. The number of hydrogen-bond donors (Lipinski definition) is 1. The zero-order chi connectivity index (χ0) is 27.6. The van der Waals surface area contributed by atoms with Gasteiger partial charge in [0.2, 0.25) is 5.91 Å². The Morgan fingerprint density at radius 3 is 2.38 bits per heavy atom. The third-order valence-corrected chi connectivity index (χ3v) is 8.20. The predicted molar refractivity (Wildman–Crippen MR) is 160 cm³/mol. The molecule has 1 fully saturated rings. The van der Waals surface area contributed by atoms with Crippen LogP contribution in [0.2, 0.25) is 0 Å². The summed E-state index contributed by atoms with van der Waals surface area (Å²) in [4.78, 5) is 29.5. The highest BCUT2D eigenvalue weighted by Crippen LogP contribution is 2.27. The van der Waals surface area contributed by atoms with E-state index >= 15 is 0 Å². The van der Waals surface area contributed by atoms with E-state index in [-0.39, 0.29) is 24.5 Å². The third-order valence-electron chi connectivity index (χ3n) is 7.58. The Morgan fingerprint density at radius 1 is 0.974 bits per heavy atom. The molecular formula is C33H39BrN2O3. The topological polar surface area (TPSA) is 58.6 Å². The number of rotatable bonds is 11. The van der Waals surface area contributed by atoms with Gasteiger partial charge in [-0.25, -0.2) is 0 Å². The molecule has 0 aliphatic heterocycles. The van der Waals surface area contributed by atoms with Crippen molar-refractivity contribution in [2.75, 3.05) is 6.61 Å². The number of carbonyl (C=O) groups is 2. The van der Waals surface area contributed by atoms with Crippen molar-refractivity contribution < 1.29 is 14.3 Å². The molecule has 1 N–H and O–H groups in total. The molecule has 0 bridgehead atoms. The zero-order valence-electron chi connectivity index (χ0n) is 23.0. The Labute approximate surface area is 241 Å². The number of ether oxygens (including phenoxy) is 1. The monoisotopic (exact) mass is 590 g/mol. The number of hydrogen-bond acceptors (Lipinski definition) is 3. The van der Waals surface area contributed by atoms with Gasteiger partial charge in [0.1, 0.15) is 11.8 Å². The average Bonchev–Trinajstić information content (AvgIpc) is 2.96. The molecule has 206 valence electrons. The number of amides is 2. The van der Waals surface area contributed by atoms with Crippen molar-refractivity contribution in [3.05, 3.63) is 99.5 Å². The van der Waals surface area contributed by atoms with Gasteiger partial charge in [-0.2, -0.15) is 0 Å². The summed E-state index contributed by atoms with van der Waals surface area (Å²) in [7, 11) is 0. The minimum absolute atomic E-state index is 0.0961. The lowest BCUT2D eigenvalue weighted by molar-refractivity contribution is -0.143. The van der Waals surface area contributed by atoms with Gasteiger partial charge in [-0.05, 0) is 76.5 Å². The average molecular weight is 592 g/mol. The maximum Gasteiger partial charge on any atom is 0.261 e. The molecule has 0 aromatic heterocycles. The first-order chi connectivity index (χ1) is 18.9. The molecule has 0 heterocycles. The Bertz CT molecular complexity index is 1240. The van der Waals surface area contributed by atoms with Crippen molar-refractivity contribution in [3.8, 4) is 5.75 Å². The maximum atomic E-state index is 13.9. The molecule has 1 atom stereocenters. The van der Waals surface area contributed by atoms with E-state index in [4.69, 9.17) is 4.74 Å². The second-order valence-corrected chi connectivity index (χ2v) is 11.3. The summed E-state index contributed by atoms with van der Waals surface area (Å²) in [6.45, 7) is 4.31. The van der Waals surface area contributed by atoms with Crippen LogP contribution in [0.25, 0.3) is 0 Å². The van der Waals surface area contributed by atoms with Crippen molar-refractivity contribution in [3.63, 3.8) is 0 Å². The van der Waals surface area contributed by atoms with E-state index in [0.29, 0.717) is 18.7 Å². The van der Waals surface area contributed by atoms with Crippen LogP contribution in [0.4, 0.5) is 0 Å². The highest BCUT2D eigenvalue weighted by molar-refractivity contribution is 9.10. The van der Waals surface area contributed by atoms with Gasteiger partial charge in [-0.3, -0.25) is 9.59 Å². The van der Waals surface area contributed by atoms with Gasteiger partial charge in [-0.1, -0.05) is 86.8 Å². The second-order valence-electron chi connectivity index (χ2n) is 10.4. The number of nitrogens with one attached hydrogen (secondary N) is 1. The highest BCUT2D eigenvalue weighted by Gasteiger charge is 2.32. The zero-order valence-corrected chi connectivity index (χ0v) is 24.6. The third kappa shape index (κ3) is 8.18. The van der Waals surface area contributed by atoms with Crippen LogP contribution in [0.3, 0.4) is 0 Å². The van der Waals surface area contributed by atoms with E-state index in [0.717, 1.165) is 53.3 Å². The Balaban J connectivity index is 1.62. The molecule has 3 aromatic rings. The van der Waals surface area contributed by atoms with Crippen molar-refractivity contribution in [2.24, 2.45) is 0 Å². The molecule has 1 saturated carbocycles. The summed E-state index contributed by atoms with van der Waals surface area (Å²) in [5.41, 5.74) is 4.30. The van der Waals surface area contributed by atoms with E-state index in [2.05, 4.69) is 28.2 Å². The minimum atomic E-state index is -0.657. The van der Waals surface area contributed by atoms with Gasteiger partial charge in [-0.15, -0.1) is 0 Å². The summed E-state index contributed by atoms with van der Waals surface area (Å²) >= 11 is 3.58. The number of halogens is 1. The van der Waals surface area contributed by atoms with Gasteiger partial charge in [0.15, 0.2) is 6.61 Å². The van der Waals surface area contributed by atoms with E-state index < -0.39 is 6.04 Å². The first-order valence-corrected chi connectivity index (χ1v) is 14.8. The summed E-state index contributed by atoms with van der Waals surface area (Å²) in [5, 5.41) is 3.29. The van der Waals surface area contributed by atoms with Crippen LogP contribution < -0.4 is 10.1 Å². The predicted octanol–water partition coefficient (Wildman–Crippen LogP) is 6.79. The lowest BCUT2D eigenvalue weighted by atomic mass is 9.94. The number of benzene rings is 3. The lowest BCUT2D eigenvalue weighted by Gasteiger charge is -2.33.